The van der Waals surface area contributed by atoms with Crippen molar-refractivity contribution in [2.75, 3.05) is 17.6 Å². The second-order valence-electron chi connectivity index (χ2n) is 3.70. The van der Waals surface area contributed by atoms with Gasteiger partial charge in [-0.3, -0.25) is 0 Å². The van der Waals surface area contributed by atoms with E-state index in [-0.39, 0.29) is 5.82 Å². The van der Waals surface area contributed by atoms with Crippen LogP contribution in [-0.2, 0) is 0 Å². The average molecular weight is 243 g/mol. The van der Waals surface area contributed by atoms with Crippen molar-refractivity contribution in [3.63, 3.8) is 0 Å². The van der Waals surface area contributed by atoms with Crippen LogP contribution in [0.15, 0.2) is 11.2 Å². The van der Waals surface area contributed by atoms with Gasteiger partial charge in [-0.25, -0.2) is 14.4 Å². The van der Waals surface area contributed by atoms with E-state index in [2.05, 4.69) is 29.1 Å². The van der Waals surface area contributed by atoms with Crippen molar-refractivity contribution in [2.45, 2.75) is 32.2 Å². The summed E-state index contributed by atoms with van der Waals surface area (Å²) in [5.74, 6) is 1.61. The first-order valence-electron chi connectivity index (χ1n) is 5.56. The molecule has 0 aliphatic carbocycles. The smallest absolute Gasteiger partial charge is 0.223 e. The molecule has 16 heavy (non-hydrogen) atoms. The van der Waals surface area contributed by atoms with Gasteiger partial charge in [0.1, 0.15) is 5.03 Å². The van der Waals surface area contributed by atoms with E-state index >= 15 is 0 Å². The molecule has 1 N–H and O–H groups in total. The predicted molar refractivity (Wildman–Crippen MR) is 66.3 cm³/mol. The summed E-state index contributed by atoms with van der Waals surface area (Å²) >= 11 is 1.45. The Bertz CT molecular complexity index is 333. The van der Waals surface area contributed by atoms with Crippen LogP contribution in [0.2, 0.25) is 0 Å². The van der Waals surface area contributed by atoms with E-state index in [1.165, 1.54) is 18.0 Å². The van der Waals surface area contributed by atoms with Crippen LogP contribution >= 0.6 is 11.8 Å². The zero-order valence-electron chi connectivity index (χ0n) is 9.96. The lowest BCUT2D eigenvalue weighted by Crippen LogP contribution is -2.04. The van der Waals surface area contributed by atoms with Crippen molar-refractivity contribution in [1.29, 1.82) is 0 Å². The first-order valence-corrected chi connectivity index (χ1v) is 6.55. The number of anilines is 1. The van der Waals surface area contributed by atoms with Gasteiger partial charge in [-0.2, -0.15) is 0 Å². The van der Waals surface area contributed by atoms with E-state index in [0.29, 0.717) is 16.9 Å². The lowest BCUT2D eigenvalue weighted by molar-refractivity contribution is 0.578. The number of thioether (sulfide) groups is 1. The number of nitrogens with zero attached hydrogens (tertiary/aromatic N) is 2. The highest BCUT2D eigenvalue weighted by Gasteiger charge is 2.09. The second kappa shape index (κ2) is 6.68. The Labute approximate surface area is 100 Å². The quantitative estimate of drug-likeness (QED) is 0.615. The van der Waals surface area contributed by atoms with Gasteiger partial charge in [0.25, 0.3) is 0 Å². The third kappa shape index (κ3) is 3.96. The first-order chi connectivity index (χ1) is 7.67. The number of nitrogens with one attached hydrogen (secondary N) is 1. The van der Waals surface area contributed by atoms with E-state index in [4.69, 9.17) is 0 Å². The van der Waals surface area contributed by atoms with Gasteiger partial charge in [0.2, 0.25) is 5.95 Å². The number of rotatable bonds is 6. The molecule has 0 fully saturated rings. The standard InChI is InChI=1S/C11H18FN3S/c1-4-8(3)7-16-10-9(12)6-14-11(15-10)13-5-2/h6,8H,4-5,7H2,1-3H3,(H,13,14,15). The molecule has 1 atom stereocenters. The maximum atomic E-state index is 13.4. The highest BCUT2D eigenvalue weighted by Crippen LogP contribution is 2.23. The Balaban J connectivity index is 2.66. The van der Waals surface area contributed by atoms with Gasteiger partial charge in [0.05, 0.1) is 6.20 Å². The van der Waals surface area contributed by atoms with Crippen LogP contribution in [0.25, 0.3) is 0 Å². The molecule has 5 heteroatoms. The predicted octanol–water partition coefficient (Wildman–Crippen LogP) is 3.19. The summed E-state index contributed by atoms with van der Waals surface area (Å²) in [6.07, 6.45) is 2.32. The van der Waals surface area contributed by atoms with Crippen LogP contribution in [0.5, 0.6) is 0 Å². The molecule has 90 valence electrons. The fraction of sp³-hybridized carbons (Fsp3) is 0.636. The second-order valence-corrected chi connectivity index (χ2v) is 4.71. The summed E-state index contributed by atoms with van der Waals surface area (Å²) in [4.78, 5) is 8.00. The zero-order chi connectivity index (χ0) is 12.0. The van der Waals surface area contributed by atoms with Gasteiger partial charge in [-0.15, -0.1) is 11.8 Å². The van der Waals surface area contributed by atoms with E-state index in [9.17, 15) is 4.39 Å². The summed E-state index contributed by atoms with van der Waals surface area (Å²) in [7, 11) is 0. The van der Waals surface area contributed by atoms with Gasteiger partial charge >= 0.3 is 0 Å². The SMILES string of the molecule is CCNc1ncc(F)c(SCC(C)CC)n1. The number of hydrogen-bond acceptors (Lipinski definition) is 4. The zero-order valence-corrected chi connectivity index (χ0v) is 10.8. The van der Waals surface area contributed by atoms with Crippen molar-refractivity contribution in [2.24, 2.45) is 5.92 Å². The van der Waals surface area contributed by atoms with E-state index in [1.807, 2.05) is 6.92 Å². The maximum Gasteiger partial charge on any atom is 0.223 e. The molecule has 0 spiro atoms. The minimum atomic E-state index is -0.338. The van der Waals surface area contributed by atoms with Crippen molar-refractivity contribution in [3.8, 4) is 0 Å². The molecule has 0 aliphatic heterocycles. The highest BCUT2D eigenvalue weighted by molar-refractivity contribution is 7.99. The average Bonchev–Trinajstić information content (AvgIpc) is 2.29. The summed E-state index contributed by atoms with van der Waals surface area (Å²) in [6.45, 7) is 6.97. The van der Waals surface area contributed by atoms with Gasteiger partial charge < -0.3 is 5.32 Å². The minimum absolute atomic E-state index is 0.338. The molecule has 0 saturated carbocycles. The maximum absolute atomic E-state index is 13.4. The lowest BCUT2D eigenvalue weighted by atomic mass is 10.2. The molecule has 0 saturated heterocycles. The molecule has 0 aromatic carbocycles. The normalized spacial score (nSPS) is 12.5. The molecule has 0 aliphatic rings. The molecule has 1 unspecified atom stereocenters. The first kappa shape index (κ1) is 13.2. The molecule has 0 bridgehead atoms. The van der Waals surface area contributed by atoms with Crippen LogP contribution in [-0.4, -0.2) is 22.3 Å². The van der Waals surface area contributed by atoms with Crippen molar-refractivity contribution < 1.29 is 4.39 Å². The molecule has 1 rings (SSSR count). The van der Waals surface area contributed by atoms with Crippen molar-refractivity contribution in [3.05, 3.63) is 12.0 Å². The molecular formula is C11H18FN3S. The Morgan fingerprint density at radius 2 is 2.25 bits per heavy atom. The number of halogens is 1. The van der Waals surface area contributed by atoms with E-state index < -0.39 is 0 Å². The summed E-state index contributed by atoms with van der Waals surface area (Å²) in [5, 5.41) is 3.41. The number of aromatic nitrogens is 2. The van der Waals surface area contributed by atoms with Gasteiger partial charge in [0.15, 0.2) is 5.82 Å². The van der Waals surface area contributed by atoms with Crippen LogP contribution in [0, 0.1) is 11.7 Å². The van der Waals surface area contributed by atoms with Gasteiger partial charge in [-0.05, 0) is 12.8 Å². The molecule has 1 heterocycles. The third-order valence-electron chi connectivity index (χ3n) is 2.25. The molecule has 1 aromatic heterocycles. The Hall–Kier alpha value is -0.840. The molecule has 0 radical (unpaired) electrons. The van der Waals surface area contributed by atoms with Gasteiger partial charge in [-0.1, -0.05) is 20.3 Å². The third-order valence-corrected chi connectivity index (χ3v) is 3.54. The monoisotopic (exact) mass is 243 g/mol. The largest absolute Gasteiger partial charge is 0.354 e. The topological polar surface area (TPSA) is 37.8 Å². The highest BCUT2D eigenvalue weighted by atomic mass is 32.2. The Morgan fingerprint density at radius 3 is 2.88 bits per heavy atom. The van der Waals surface area contributed by atoms with E-state index in [1.54, 1.807) is 0 Å². The summed E-state index contributed by atoms with van der Waals surface area (Å²) in [6, 6.07) is 0. The summed E-state index contributed by atoms with van der Waals surface area (Å²) in [5.41, 5.74) is 0. The summed E-state index contributed by atoms with van der Waals surface area (Å²) < 4.78 is 13.4. The Kier molecular flexibility index (Phi) is 5.52. The van der Waals surface area contributed by atoms with E-state index in [0.717, 1.165) is 18.7 Å². The minimum Gasteiger partial charge on any atom is -0.354 e. The van der Waals surface area contributed by atoms with Crippen molar-refractivity contribution >= 4 is 17.7 Å². The van der Waals surface area contributed by atoms with Crippen LogP contribution < -0.4 is 5.32 Å². The molecular weight excluding hydrogens is 225 g/mol. The molecule has 3 nitrogen and oxygen atoms in total. The van der Waals surface area contributed by atoms with Crippen LogP contribution in [0.3, 0.4) is 0 Å². The van der Waals surface area contributed by atoms with Crippen molar-refractivity contribution in [1.82, 2.24) is 9.97 Å². The van der Waals surface area contributed by atoms with Crippen LogP contribution in [0.4, 0.5) is 10.3 Å². The Morgan fingerprint density at radius 1 is 1.50 bits per heavy atom. The molecule has 0 amide bonds. The van der Waals surface area contributed by atoms with Crippen LogP contribution in [0.1, 0.15) is 27.2 Å². The fourth-order valence-electron chi connectivity index (χ4n) is 1.04. The number of hydrogen-bond donors (Lipinski definition) is 1. The molecule has 1 aromatic rings. The fourth-order valence-corrected chi connectivity index (χ4v) is 2.05. The van der Waals surface area contributed by atoms with Gasteiger partial charge in [0, 0.05) is 12.3 Å². The lowest BCUT2D eigenvalue weighted by Gasteiger charge is -2.08.